The molecule has 3 aromatic carbocycles. The Bertz CT molecular complexity index is 1650. The third-order valence-electron chi connectivity index (χ3n) is 6.78. The van der Waals surface area contributed by atoms with Crippen molar-refractivity contribution in [2.45, 2.75) is 38.9 Å². The van der Waals surface area contributed by atoms with Gasteiger partial charge in [0.2, 0.25) is 0 Å². The maximum Gasteiger partial charge on any atom is 0.416 e. The van der Waals surface area contributed by atoms with Crippen molar-refractivity contribution in [3.63, 3.8) is 0 Å². The summed E-state index contributed by atoms with van der Waals surface area (Å²) in [6.07, 6.45) is -4.54. The molecule has 0 saturated heterocycles. The van der Waals surface area contributed by atoms with Crippen LogP contribution in [0.3, 0.4) is 0 Å². The van der Waals surface area contributed by atoms with Gasteiger partial charge in [-0.2, -0.15) is 13.2 Å². The topological polar surface area (TPSA) is 59.4 Å². The van der Waals surface area contributed by atoms with Gasteiger partial charge in [0.05, 0.1) is 23.4 Å². The van der Waals surface area contributed by atoms with Gasteiger partial charge in [-0.05, 0) is 40.3 Å². The average molecular weight is 531 g/mol. The van der Waals surface area contributed by atoms with E-state index in [2.05, 4.69) is 0 Å². The summed E-state index contributed by atoms with van der Waals surface area (Å²) in [6, 6.07) is 21.5. The molecule has 2 amide bonds. The molecule has 0 atom stereocenters. The molecule has 0 bridgehead atoms. The number of amides is 2. The Morgan fingerprint density at radius 3 is 1.97 bits per heavy atom. The van der Waals surface area contributed by atoms with Gasteiger partial charge in [0.15, 0.2) is 0 Å². The van der Waals surface area contributed by atoms with Crippen molar-refractivity contribution in [3.05, 3.63) is 123 Å². The van der Waals surface area contributed by atoms with Gasteiger partial charge in [-0.15, -0.1) is 0 Å². The molecular weight excluding hydrogens is 505 g/mol. The number of para-hydroxylation sites is 1. The first-order valence-corrected chi connectivity index (χ1v) is 12.4. The number of benzene rings is 3. The van der Waals surface area contributed by atoms with Gasteiger partial charge in [-0.25, -0.2) is 0 Å². The molecule has 1 aliphatic heterocycles. The van der Waals surface area contributed by atoms with Gasteiger partial charge < -0.3 is 0 Å². The molecule has 1 aromatic heterocycles. The highest BCUT2D eigenvalue weighted by atomic mass is 19.4. The molecule has 0 fully saturated rings. The van der Waals surface area contributed by atoms with E-state index in [-0.39, 0.29) is 28.9 Å². The van der Waals surface area contributed by atoms with E-state index >= 15 is 0 Å². The monoisotopic (exact) mass is 530 g/mol. The van der Waals surface area contributed by atoms with Crippen LogP contribution >= 0.6 is 0 Å². The van der Waals surface area contributed by atoms with Crippen molar-refractivity contribution in [2.75, 3.05) is 0 Å². The van der Waals surface area contributed by atoms with E-state index in [1.165, 1.54) is 22.8 Å². The van der Waals surface area contributed by atoms with E-state index in [0.29, 0.717) is 11.3 Å². The normalized spacial score (nSPS) is 13.6. The summed E-state index contributed by atoms with van der Waals surface area (Å²) in [5, 5.41) is 0. The third kappa shape index (κ3) is 4.67. The van der Waals surface area contributed by atoms with Gasteiger partial charge in [0, 0.05) is 11.6 Å². The van der Waals surface area contributed by atoms with Crippen LogP contribution in [0.4, 0.5) is 13.2 Å². The fourth-order valence-corrected chi connectivity index (χ4v) is 4.90. The number of hydrogen-bond acceptors (Lipinski definition) is 3. The van der Waals surface area contributed by atoms with E-state index in [1.54, 1.807) is 36.4 Å². The lowest BCUT2D eigenvalue weighted by molar-refractivity contribution is -0.137. The number of hydrogen-bond donors (Lipinski definition) is 0. The molecule has 198 valence electrons. The summed E-state index contributed by atoms with van der Waals surface area (Å²) in [4.78, 5) is 42.5. The van der Waals surface area contributed by atoms with Crippen molar-refractivity contribution in [1.29, 1.82) is 0 Å². The SMILES string of the molecule is CC(C)(C)c1ccccc1-n1c2c(c(-c3ccc(C(F)(F)F)cc3)cc1=O)C(=O)N(Cc1ccccc1)C2=O. The Labute approximate surface area is 223 Å². The molecule has 0 aliphatic carbocycles. The molecular formula is C31H25F3N2O3. The van der Waals surface area contributed by atoms with Crippen LogP contribution in [0, 0.1) is 0 Å². The van der Waals surface area contributed by atoms with Crippen LogP contribution in [0.1, 0.15) is 58.3 Å². The van der Waals surface area contributed by atoms with Crippen molar-refractivity contribution in [3.8, 4) is 16.8 Å². The second kappa shape index (κ2) is 9.38. The molecule has 5 nitrogen and oxygen atoms in total. The van der Waals surface area contributed by atoms with Gasteiger partial charge >= 0.3 is 6.18 Å². The van der Waals surface area contributed by atoms with Crippen molar-refractivity contribution in [2.24, 2.45) is 0 Å². The minimum atomic E-state index is -4.54. The van der Waals surface area contributed by atoms with Crippen LogP contribution in [-0.2, 0) is 18.1 Å². The first-order valence-electron chi connectivity index (χ1n) is 12.4. The van der Waals surface area contributed by atoms with E-state index in [4.69, 9.17) is 0 Å². The Kier molecular flexibility index (Phi) is 6.29. The molecule has 8 heteroatoms. The predicted molar refractivity (Wildman–Crippen MR) is 142 cm³/mol. The van der Waals surface area contributed by atoms with Crippen LogP contribution in [0.2, 0.25) is 0 Å². The van der Waals surface area contributed by atoms with E-state index in [1.807, 2.05) is 39.0 Å². The number of carbonyl (C=O) groups is 2. The molecule has 0 saturated carbocycles. The fraction of sp³-hybridized carbons (Fsp3) is 0.194. The van der Waals surface area contributed by atoms with Gasteiger partial charge in [0.25, 0.3) is 17.4 Å². The molecule has 0 radical (unpaired) electrons. The Hall–Kier alpha value is -4.46. The molecule has 5 rings (SSSR count). The Morgan fingerprint density at radius 1 is 0.744 bits per heavy atom. The molecule has 0 spiro atoms. The lowest BCUT2D eigenvalue weighted by Gasteiger charge is -2.24. The lowest BCUT2D eigenvalue weighted by atomic mass is 9.85. The average Bonchev–Trinajstić information content (AvgIpc) is 3.13. The minimum absolute atomic E-state index is 0.0148. The van der Waals surface area contributed by atoms with Crippen LogP contribution in [0.5, 0.6) is 0 Å². The first-order chi connectivity index (χ1) is 18.4. The fourth-order valence-electron chi connectivity index (χ4n) is 4.90. The Morgan fingerprint density at radius 2 is 1.36 bits per heavy atom. The van der Waals surface area contributed by atoms with Crippen molar-refractivity contribution < 1.29 is 22.8 Å². The summed E-state index contributed by atoms with van der Waals surface area (Å²) in [5.41, 5.74) is 0.376. The number of aromatic nitrogens is 1. The summed E-state index contributed by atoms with van der Waals surface area (Å²) >= 11 is 0. The molecule has 0 N–H and O–H groups in total. The highest BCUT2D eigenvalue weighted by molar-refractivity contribution is 6.23. The predicted octanol–water partition coefficient (Wildman–Crippen LogP) is 6.62. The maximum absolute atomic E-state index is 13.9. The lowest BCUT2D eigenvalue weighted by Crippen LogP contribution is -2.31. The standard InChI is InChI=1S/C31H25F3N2O3/c1-30(2,3)23-11-7-8-12-24(23)36-25(37)17-22(20-13-15-21(16-14-20)31(32,33)34)26-27(36)29(39)35(28(26)38)18-19-9-5-4-6-10-19/h4-17H,18H2,1-3H3. The number of carbonyl (C=O) groups excluding carboxylic acids is 2. The number of imide groups is 1. The second-order valence-electron chi connectivity index (χ2n) is 10.5. The van der Waals surface area contributed by atoms with Gasteiger partial charge in [0.1, 0.15) is 5.69 Å². The Balaban J connectivity index is 1.77. The quantitative estimate of drug-likeness (QED) is 0.279. The molecule has 1 aliphatic rings. The third-order valence-corrected chi connectivity index (χ3v) is 6.78. The first kappa shape index (κ1) is 26.2. The van der Waals surface area contributed by atoms with Crippen molar-refractivity contribution in [1.82, 2.24) is 9.47 Å². The molecule has 2 heterocycles. The smallest absolute Gasteiger partial charge is 0.271 e. The number of halogens is 3. The second-order valence-corrected chi connectivity index (χ2v) is 10.5. The van der Waals surface area contributed by atoms with E-state index in [0.717, 1.165) is 22.6 Å². The molecule has 4 aromatic rings. The van der Waals surface area contributed by atoms with Crippen LogP contribution in [0.25, 0.3) is 16.8 Å². The van der Waals surface area contributed by atoms with Crippen LogP contribution < -0.4 is 5.56 Å². The minimum Gasteiger partial charge on any atom is -0.271 e. The van der Waals surface area contributed by atoms with Gasteiger partial charge in [-0.1, -0.05) is 81.4 Å². The zero-order valence-corrected chi connectivity index (χ0v) is 21.5. The van der Waals surface area contributed by atoms with Crippen LogP contribution in [-0.4, -0.2) is 21.3 Å². The van der Waals surface area contributed by atoms with Gasteiger partial charge in [-0.3, -0.25) is 23.9 Å². The summed E-state index contributed by atoms with van der Waals surface area (Å²) in [7, 11) is 0. The number of fused-ring (bicyclic) bond motifs is 1. The highest BCUT2D eigenvalue weighted by Crippen LogP contribution is 2.37. The number of pyridine rings is 1. The summed E-state index contributed by atoms with van der Waals surface area (Å²) < 4.78 is 40.8. The highest BCUT2D eigenvalue weighted by Gasteiger charge is 2.42. The van der Waals surface area contributed by atoms with E-state index < -0.39 is 34.5 Å². The number of rotatable bonds is 4. The largest absolute Gasteiger partial charge is 0.416 e. The summed E-state index contributed by atoms with van der Waals surface area (Å²) in [6.45, 7) is 5.90. The number of nitrogens with zero attached hydrogens (tertiary/aromatic N) is 2. The van der Waals surface area contributed by atoms with Crippen molar-refractivity contribution >= 4 is 11.8 Å². The maximum atomic E-state index is 13.9. The number of alkyl halides is 3. The molecule has 0 unspecified atom stereocenters. The zero-order valence-electron chi connectivity index (χ0n) is 21.5. The van der Waals surface area contributed by atoms with Crippen LogP contribution in [0.15, 0.2) is 89.7 Å². The zero-order chi connectivity index (χ0) is 28.1. The summed E-state index contributed by atoms with van der Waals surface area (Å²) in [5.74, 6) is -1.26. The van der Waals surface area contributed by atoms with E-state index in [9.17, 15) is 27.6 Å². The molecule has 39 heavy (non-hydrogen) atoms.